The zero-order chi connectivity index (χ0) is 12.1. The van der Waals surface area contributed by atoms with Crippen molar-refractivity contribution in [2.45, 2.75) is 19.8 Å². The van der Waals surface area contributed by atoms with Gasteiger partial charge in [0.05, 0.1) is 5.51 Å². The molecule has 2 aromatic rings. The van der Waals surface area contributed by atoms with Gasteiger partial charge in [0, 0.05) is 16.4 Å². The molecule has 0 aliphatic rings. The van der Waals surface area contributed by atoms with Crippen LogP contribution in [0.15, 0.2) is 36.0 Å². The van der Waals surface area contributed by atoms with Crippen LogP contribution in [0.5, 0.6) is 0 Å². The van der Waals surface area contributed by atoms with E-state index in [-0.39, 0.29) is 0 Å². The summed E-state index contributed by atoms with van der Waals surface area (Å²) >= 11 is 5.38. The third-order valence-electron chi connectivity index (χ3n) is 2.96. The average Bonchev–Trinajstić information content (AvgIpc) is 2.84. The summed E-state index contributed by atoms with van der Waals surface area (Å²) in [6, 6.07) is 8.65. The Morgan fingerprint density at radius 3 is 2.76 bits per heavy atom. The molecule has 1 heterocycles. The number of benzene rings is 1. The van der Waals surface area contributed by atoms with Gasteiger partial charge in [-0.05, 0) is 36.8 Å². The number of thiazole rings is 1. The predicted molar refractivity (Wildman–Crippen MR) is 78.0 cm³/mol. The van der Waals surface area contributed by atoms with E-state index in [1.54, 1.807) is 11.3 Å². The largest absolute Gasteiger partial charge is 0.253 e. The van der Waals surface area contributed by atoms with E-state index in [2.05, 4.69) is 52.1 Å². The predicted octanol–water partition coefficient (Wildman–Crippen LogP) is 4.25. The Morgan fingerprint density at radius 2 is 2.12 bits per heavy atom. The smallest absolute Gasteiger partial charge is 0.0794 e. The topological polar surface area (TPSA) is 12.9 Å². The maximum atomic E-state index is 4.14. The van der Waals surface area contributed by atoms with Crippen LogP contribution in [0, 0.1) is 12.8 Å². The molecule has 2 rings (SSSR count). The minimum Gasteiger partial charge on any atom is -0.253 e. The zero-order valence-electron chi connectivity index (χ0n) is 9.90. The second-order valence-corrected chi connectivity index (χ2v) is 5.94. The van der Waals surface area contributed by atoms with Gasteiger partial charge >= 0.3 is 0 Å². The fourth-order valence-corrected chi connectivity index (χ4v) is 3.13. The van der Waals surface area contributed by atoms with Crippen molar-refractivity contribution < 1.29 is 0 Å². The van der Waals surface area contributed by atoms with Crippen molar-refractivity contribution in [3.05, 3.63) is 52.0 Å². The first-order valence-corrected chi connectivity index (χ1v) is 7.77. The molecule has 0 radical (unpaired) electrons. The van der Waals surface area contributed by atoms with Gasteiger partial charge in [-0.3, -0.25) is 4.98 Å². The van der Waals surface area contributed by atoms with Gasteiger partial charge in [-0.25, -0.2) is 0 Å². The molecule has 0 aliphatic heterocycles. The van der Waals surface area contributed by atoms with Crippen molar-refractivity contribution in [3.8, 4) is 0 Å². The maximum absolute atomic E-state index is 4.14. The molecule has 90 valence electrons. The molecule has 1 aromatic heterocycles. The summed E-state index contributed by atoms with van der Waals surface area (Å²) in [6.45, 7) is 2.19. The lowest BCUT2D eigenvalue weighted by molar-refractivity contribution is 0.594. The molecule has 0 spiro atoms. The maximum Gasteiger partial charge on any atom is 0.0794 e. The van der Waals surface area contributed by atoms with Gasteiger partial charge in [0.15, 0.2) is 0 Å². The molecular formula is C14H16BrNS. The molecule has 0 bridgehead atoms. The van der Waals surface area contributed by atoms with Gasteiger partial charge < -0.3 is 0 Å². The second kappa shape index (κ2) is 6.31. The van der Waals surface area contributed by atoms with Crippen LogP contribution < -0.4 is 0 Å². The molecule has 0 amide bonds. The van der Waals surface area contributed by atoms with Gasteiger partial charge in [-0.2, -0.15) is 0 Å². The molecule has 0 saturated heterocycles. The molecule has 1 atom stereocenters. The summed E-state index contributed by atoms with van der Waals surface area (Å²) in [5.41, 5.74) is 4.76. The number of hydrogen-bond acceptors (Lipinski definition) is 2. The summed E-state index contributed by atoms with van der Waals surface area (Å²) in [5, 5.41) is 1.04. The fourth-order valence-electron chi connectivity index (χ4n) is 1.96. The first-order valence-electron chi connectivity index (χ1n) is 5.77. The van der Waals surface area contributed by atoms with Gasteiger partial charge in [0.1, 0.15) is 0 Å². The normalized spacial score (nSPS) is 12.6. The zero-order valence-corrected chi connectivity index (χ0v) is 12.3. The summed E-state index contributed by atoms with van der Waals surface area (Å²) in [5.74, 6) is 0.650. The van der Waals surface area contributed by atoms with Crippen LogP contribution in [0.2, 0.25) is 0 Å². The molecule has 1 unspecified atom stereocenters. The molecule has 0 saturated carbocycles. The molecule has 1 aromatic carbocycles. The molecular weight excluding hydrogens is 294 g/mol. The van der Waals surface area contributed by atoms with Gasteiger partial charge in [0.2, 0.25) is 0 Å². The fraction of sp³-hybridized carbons (Fsp3) is 0.357. The Balaban J connectivity index is 2.03. The third kappa shape index (κ3) is 3.65. The van der Waals surface area contributed by atoms with Crippen molar-refractivity contribution >= 4 is 27.3 Å². The number of aromatic nitrogens is 1. The Hall–Kier alpha value is -0.670. The molecule has 0 N–H and O–H groups in total. The summed E-state index contributed by atoms with van der Waals surface area (Å²) < 4.78 is 0. The highest BCUT2D eigenvalue weighted by Crippen LogP contribution is 2.20. The van der Waals surface area contributed by atoms with Crippen molar-refractivity contribution in [1.82, 2.24) is 4.98 Å². The lowest BCUT2D eigenvalue weighted by Gasteiger charge is -2.14. The standard InChI is InChI=1S/C14H16BrNS/c1-11-4-2-3-5-13(11)6-12(8-15)7-14-9-16-10-17-14/h2-5,9-10,12H,6-8H2,1H3. The van der Waals surface area contributed by atoms with Gasteiger partial charge in [0.25, 0.3) is 0 Å². The molecule has 0 aliphatic carbocycles. The van der Waals surface area contributed by atoms with E-state index < -0.39 is 0 Å². The minimum absolute atomic E-state index is 0.650. The monoisotopic (exact) mass is 309 g/mol. The van der Waals surface area contributed by atoms with Crippen LogP contribution in [0.4, 0.5) is 0 Å². The summed E-state index contributed by atoms with van der Waals surface area (Å²) in [6.07, 6.45) is 4.23. The van der Waals surface area contributed by atoms with Crippen LogP contribution in [-0.4, -0.2) is 10.3 Å². The van der Waals surface area contributed by atoms with Gasteiger partial charge in [-0.15, -0.1) is 11.3 Å². The van der Waals surface area contributed by atoms with E-state index in [1.165, 1.54) is 16.0 Å². The lowest BCUT2D eigenvalue weighted by atomic mass is 9.95. The van der Waals surface area contributed by atoms with Crippen LogP contribution >= 0.6 is 27.3 Å². The molecule has 1 nitrogen and oxygen atoms in total. The third-order valence-corrected chi connectivity index (χ3v) is 4.68. The van der Waals surface area contributed by atoms with Crippen LogP contribution in [-0.2, 0) is 12.8 Å². The Labute approximate surface area is 115 Å². The Morgan fingerprint density at radius 1 is 1.29 bits per heavy atom. The first kappa shape index (κ1) is 12.8. The van der Waals surface area contributed by atoms with Crippen molar-refractivity contribution in [2.24, 2.45) is 5.92 Å². The van der Waals surface area contributed by atoms with Gasteiger partial charge in [-0.1, -0.05) is 40.2 Å². The van der Waals surface area contributed by atoms with E-state index in [1.807, 2.05) is 11.7 Å². The summed E-state index contributed by atoms with van der Waals surface area (Å²) in [4.78, 5) is 5.52. The summed E-state index contributed by atoms with van der Waals surface area (Å²) in [7, 11) is 0. The molecule has 0 fully saturated rings. The van der Waals surface area contributed by atoms with E-state index >= 15 is 0 Å². The van der Waals surface area contributed by atoms with E-state index in [0.717, 1.165) is 18.2 Å². The quantitative estimate of drug-likeness (QED) is 0.753. The van der Waals surface area contributed by atoms with Crippen LogP contribution in [0.3, 0.4) is 0 Å². The Kier molecular flexibility index (Phi) is 4.75. The molecule has 3 heteroatoms. The van der Waals surface area contributed by atoms with Crippen molar-refractivity contribution in [1.29, 1.82) is 0 Å². The van der Waals surface area contributed by atoms with Crippen molar-refractivity contribution in [3.63, 3.8) is 0 Å². The van der Waals surface area contributed by atoms with Crippen LogP contribution in [0.25, 0.3) is 0 Å². The SMILES string of the molecule is Cc1ccccc1CC(CBr)Cc1cncs1. The highest BCUT2D eigenvalue weighted by atomic mass is 79.9. The number of hydrogen-bond donors (Lipinski definition) is 0. The number of halogens is 1. The molecule has 17 heavy (non-hydrogen) atoms. The number of aryl methyl sites for hydroxylation is 1. The minimum atomic E-state index is 0.650. The number of rotatable bonds is 5. The highest BCUT2D eigenvalue weighted by Gasteiger charge is 2.11. The lowest BCUT2D eigenvalue weighted by Crippen LogP contribution is -2.10. The number of alkyl halides is 1. The van der Waals surface area contributed by atoms with Crippen LogP contribution in [0.1, 0.15) is 16.0 Å². The van der Waals surface area contributed by atoms with E-state index in [0.29, 0.717) is 5.92 Å². The number of nitrogens with zero attached hydrogens (tertiary/aromatic N) is 1. The second-order valence-electron chi connectivity index (χ2n) is 4.32. The highest BCUT2D eigenvalue weighted by molar-refractivity contribution is 9.09. The van der Waals surface area contributed by atoms with Crippen molar-refractivity contribution in [2.75, 3.05) is 5.33 Å². The van der Waals surface area contributed by atoms with E-state index in [4.69, 9.17) is 0 Å². The Bertz CT molecular complexity index is 453. The average molecular weight is 310 g/mol. The first-order chi connectivity index (χ1) is 8.29. The van der Waals surface area contributed by atoms with E-state index in [9.17, 15) is 0 Å².